The third-order valence-corrected chi connectivity index (χ3v) is 2.17. The van der Waals surface area contributed by atoms with Gasteiger partial charge in [-0.1, -0.05) is 24.3 Å². The van der Waals surface area contributed by atoms with Crippen molar-refractivity contribution in [1.82, 2.24) is 20.3 Å². The highest BCUT2D eigenvalue weighted by atomic mass is 16.1. The molecule has 1 N–H and O–H groups in total. The first-order valence-corrected chi connectivity index (χ1v) is 4.86. The molecule has 0 aliphatic heterocycles. The van der Waals surface area contributed by atoms with Crippen molar-refractivity contribution >= 4 is 16.9 Å². The van der Waals surface area contributed by atoms with Crippen LogP contribution in [0.5, 0.6) is 0 Å². The van der Waals surface area contributed by atoms with E-state index in [1.54, 1.807) is 4.68 Å². The predicted octanol–water partition coefficient (Wildman–Crippen LogP) is 0.915. The second kappa shape index (κ2) is 4.08. The molecule has 15 heavy (non-hydrogen) atoms. The first-order valence-electron chi connectivity index (χ1n) is 4.86. The van der Waals surface area contributed by atoms with Gasteiger partial charge in [0.1, 0.15) is 12.2 Å². The summed E-state index contributed by atoms with van der Waals surface area (Å²) >= 11 is 0. The van der Waals surface area contributed by atoms with Crippen molar-refractivity contribution in [3.05, 3.63) is 24.3 Å². The van der Waals surface area contributed by atoms with Gasteiger partial charge in [-0.05, 0) is 12.1 Å². The van der Waals surface area contributed by atoms with Crippen LogP contribution in [0.25, 0.3) is 11.0 Å². The number of nitrogens with zero attached hydrogens (tertiary/aromatic N) is 3. The lowest BCUT2D eigenvalue weighted by molar-refractivity contribution is -0.121. The van der Waals surface area contributed by atoms with Crippen molar-refractivity contribution in [3.8, 4) is 0 Å². The van der Waals surface area contributed by atoms with Gasteiger partial charge in [-0.25, -0.2) is 4.68 Å². The molecule has 78 valence electrons. The van der Waals surface area contributed by atoms with Gasteiger partial charge in [0.15, 0.2) is 0 Å². The molecule has 0 spiro atoms. The van der Waals surface area contributed by atoms with E-state index in [0.717, 1.165) is 11.0 Å². The zero-order valence-corrected chi connectivity index (χ0v) is 8.47. The monoisotopic (exact) mass is 204 g/mol. The summed E-state index contributed by atoms with van der Waals surface area (Å²) in [6.07, 6.45) is 0.479. The summed E-state index contributed by atoms with van der Waals surface area (Å²) in [7, 11) is 0. The molecule has 0 saturated carbocycles. The van der Waals surface area contributed by atoms with Crippen molar-refractivity contribution < 1.29 is 4.79 Å². The standard InChI is InChI=1S/C10H12N4O/c1-2-10(15)11-7-14-9-6-4-3-5-8(9)12-13-14/h3-6H,2,7H2,1H3,(H,11,15). The predicted molar refractivity (Wildman–Crippen MR) is 56.0 cm³/mol. The Labute approximate surface area is 87.1 Å². The lowest BCUT2D eigenvalue weighted by Gasteiger charge is -2.03. The average molecular weight is 204 g/mol. The van der Waals surface area contributed by atoms with Crippen LogP contribution in [0.4, 0.5) is 0 Å². The Bertz CT molecular complexity index is 477. The first-order chi connectivity index (χ1) is 7.31. The van der Waals surface area contributed by atoms with Gasteiger partial charge in [0.25, 0.3) is 0 Å². The Hall–Kier alpha value is -1.91. The van der Waals surface area contributed by atoms with Crippen LogP contribution < -0.4 is 5.32 Å². The molecule has 5 heteroatoms. The Morgan fingerprint density at radius 2 is 2.27 bits per heavy atom. The molecule has 2 rings (SSSR count). The van der Waals surface area contributed by atoms with Crippen LogP contribution in [0.2, 0.25) is 0 Å². The van der Waals surface area contributed by atoms with Crippen LogP contribution in [0.3, 0.4) is 0 Å². The summed E-state index contributed by atoms with van der Waals surface area (Å²) in [4.78, 5) is 11.1. The number of rotatable bonds is 3. The quantitative estimate of drug-likeness (QED) is 0.808. The minimum absolute atomic E-state index is 0.00887. The molecule has 1 aromatic carbocycles. The normalized spacial score (nSPS) is 10.5. The fraction of sp³-hybridized carbons (Fsp3) is 0.300. The maximum Gasteiger partial charge on any atom is 0.221 e. The van der Waals surface area contributed by atoms with Gasteiger partial charge >= 0.3 is 0 Å². The molecule has 0 radical (unpaired) electrons. The average Bonchev–Trinajstić information content (AvgIpc) is 2.69. The van der Waals surface area contributed by atoms with E-state index in [1.165, 1.54) is 0 Å². The number of aromatic nitrogens is 3. The molecule has 2 aromatic rings. The van der Waals surface area contributed by atoms with E-state index in [2.05, 4.69) is 15.6 Å². The Kier molecular flexibility index (Phi) is 2.62. The fourth-order valence-electron chi connectivity index (χ4n) is 1.32. The van der Waals surface area contributed by atoms with Crippen LogP contribution in [0.15, 0.2) is 24.3 Å². The van der Waals surface area contributed by atoms with E-state index < -0.39 is 0 Å². The summed E-state index contributed by atoms with van der Waals surface area (Å²) in [5.41, 5.74) is 1.76. The van der Waals surface area contributed by atoms with Crippen molar-refractivity contribution in [2.24, 2.45) is 0 Å². The molecule has 0 aliphatic carbocycles. The van der Waals surface area contributed by atoms with E-state index in [-0.39, 0.29) is 5.91 Å². The van der Waals surface area contributed by atoms with Gasteiger partial charge in [-0.2, -0.15) is 0 Å². The van der Waals surface area contributed by atoms with Crippen molar-refractivity contribution in [1.29, 1.82) is 0 Å². The Balaban J connectivity index is 2.18. The van der Waals surface area contributed by atoms with E-state index >= 15 is 0 Å². The van der Waals surface area contributed by atoms with Gasteiger partial charge in [0.05, 0.1) is 5.52 Å². The minimum Gasteiger partial charge on any atom is -0.337 e. The first kappa shape index (κ1) is 9.64. The maximum atomic E-state index is 11.1. The third-order valence-electron chi connectivity index (χ3n) is 2.17. The summed E-state index contributed by atoms with van der Waals surface area (Å²) in [6, 6.07) is 7.64. The molecular weight excluding hydrogens is 192 g/mol. The molecule has 0 atom stereocenters. The summed E-state index contributed by atoms with van der Waals surface area (Å²) in [5, 5.41) is 10.7. The van der Waals surface area contributed by atoms with Crippen molar-refractivity contribution in [2.75, 3.05) is 0 Å². The third kappa shape index (κ3) is 1.96. The highest BCUT2D eigenvalue weighted by Crippen LogP contribution is 2.08. The van der Waals surface area contributed by atoms with Gasteiger partial charge in [0, 0.05) is 6.42 Å². The number of fused-ring (bicyclic) bond motifs is 1. The molecule has 0 aliphatic rings. The Morgan fingerprint density at radius 3 is 3.07 bits per heavy atom. The number of para-hydroxylation sites is 1. The lowest BCUT2D eigenvalue weighted by atomic mass is 10.3. The molecule has 1 amide bonds. The van der Waals surface area contributed by atoms with Gasteiger partial charge < -0.3 is 5.32 Å². The summed E-state index contributed by atoms with van der Waals surface area (Å²) in [5.74, 6) is 0.00887. The molecular formula is C10H12N4O. The highest BCUT2D eigenvalue weighted by molar-refractivity contribution is 5.76. The van der Waals surface area contributed by atoms with Gasteiger partial charge in [-0.15, -0.1) is 5.10 Å². The zero-order chi connectivity index (χ0) is 10.7. The second-order valence-electron chi connectivity index (χ2n) is 3.19. The fourth-order valence-corrected chi connectivity index (χ4v) is 1.32. The number of benzene rings is 1. The SMILES string of the molecule is CCC(=O)NCn1nnc2ccccc21. The van der Waals surface area contributed by atoms with Crippen molar-refractivity contribution in [3.63, 3.8) is 0 Å². The molecule has 0 saturated heterocycles. The molecule has 1 heterocycles. The summed E-state index contributed by atoms with van der Waals surface area (Å²) < 4.78 is 1.67. The number of carbonyl (C=O) groups excluding carboxylic acids is 1. The van der Waals surface area contributed by atoms with E-state index in [1.807, 2.05) is 31.2 Å². The van der Waals surface area contributed by atoms with E-state index in [4.69, 9.17) is 0 Å². The van der Waals surface area contributed by atoms with Crippen LogP contribution in [0, 0.1) is 0 Å². The highest BCUT2D eigenvalue weighted by Gasteiger charge is 2.03. The molecule has 0 fully saturated rings. The van der Waals surface area contributed by atoms with Crippen LogP contribution in [-0.4, -0.2) is 20.9 Å². The largest absolute Gasteiger partial charge is 0.337 e. The number of carbonyl (C=O) groups is 1. The molecule has 5 nitrogen and oxygen atoms in total. The number of hydrogen-bond acceptors (Lipinski definition) is 3. The van der Waals surface area contributed by atoms with Gasteiger partial charge in [-0.3, -0.25) is 4.79 Å². The smallest absolute Gasteiger partial charge is 0.221 e. The van der Waals surface area contributed by atoms with E-state index in [0.29, 0.717) is 13.1 Å². The zero-order valence-electron chi connectivity index (χ0n) is 8.47. The molecule has 0 unspecified atom stereocenters. The molecule has 1 aromatic heterocycles. The topological polar surface area (TPSA) is 59.8 Å². The minimum atomic E-state index is 0.00887. The number of nitrogens with one attached hydrogen (secondary N) is 1. The van der Waals surface area contributed by atoms with Crippen LogP contribution >= 0.6 is 0 Å². The van der Waals surface area contributed by atoms with Gasteiger partial charge in [0.2, 0.25) is 5.91 Å². The number of hydrogen-bond donors (Lipinski definition) is 1. The lowest BCUT2D eigenvalue weighted by Crippen LogP contribution is -2.25. The Morgan fingerprint density at radius 1 is 1.47 bits per heavy atom. The summed E-state index contributed by atoms with van der Waals surface area (Å²) in [6.45, 7) is 2.18. The van der Waals surface area contributed by atoms with Crippen molar-refractivity contribution in [2.45, 2.75) is 20.0 Å². The maximum absolute atomic E-state index is 11.1. The molecule has 0 bridgehead atoms. The second-order valence-corrected chi connectivity index (χ2v) is 3.19. The van der Waals surface area contributed by atoms with E-state index in [9.17, 15) is 4.79 Å². The van der Waals surface area contributed by atoms with Crippen LogP contribution in [-0.2, 0) is 11.5 Å². The van der Waals surface area contributed by atoms with Crippen LogP contribution in [0.1, 0.15) is 13.3 Å². The number of amides is 1.